The van der Waals surface area contributed by atoms with Crippen molar-refractivity contribution in [2.75, 3.05) is 0 Å². The minimum Gasteiger partial charge on any atom is -1.00 e. The van der Waals surface area contributed by atoms with Crippen molar-refractivity contribution in [2.24, 2.45) is 0 Å². The number of aryl methyl sites for hydroxylation is 3. The van der Waals surface area contributed by atoms with Crippen LogP contribution in [-0.4, -0.2) is 0 Å². The molecule has 0 aliphatic carbocycles. The summed E-state index contributed by atoms with van der Waals surface area (Å²) in [6, 6.07) is 3.82. The van der Waals surface area contributed by atoms with Gasteiger partial charge in [-0.15, -0.1) is 5.75 Å². The molecule has 0 saturated carbocycles. The molecular weight excluding hydrogens is 278 g/mol. The zero-order valence-electron chi connectivity index (χ0n) is 8.20. The van der Waals surface area contributed by atoms with Crippen LogP contribution in [0.5, 0.6) is 5.75 Å². The summed E-state index contributed by atoms with van der Waals surface area (Å²) in [6.07, 6.45) is 0. The van der Waals surface area contributed by atoms with Crippen molar-refractivity contribution >= 4 is 0 Å². The maximum atomic E-state index is 11.1. The van der Waals surface area contributed by atoms with Gasteiger partial charge in [0.25, 0.3) is 0 Å². The van der Waals surface area contributed by atoms with Crippen LogP contribution in [-0.2, 0) is 21.7 Å². The van der Waals surface area contributed by atoms with Gasteiger partial charge in [0, 0.05) is 0 Å². The Bertz CT molecular complexity index is 243. The number of hydrogen-bond donors (Lipinski definition) is 0. The van der Waals surface area contributed by atoms with Crippen molar-refractivity contribution in [3.63, 3.8) is 0 Å². The van der Waals surface area contributed by atoms with Crippen LogP contribution in [0.4, 0.5) is 0 Å². The Labute approximate surface area is 119 Å². The molecule has 14 heavy (non-hydrogen) atoms. The standard InChI is InChI=1S/C9H12O.3ClH.Ti/c1-6-4-7(2)9(10)8(3)5-6;;;;/h4-5,10H,1-3H3;3*1H;/q;;;;+4/p-4. The van der Waals surface area contributed by atoms with Gasteiger partial charge in [-0.25, -0.2) is 0 Å². The van der Waals surface area contributed by atoms with Gasteiger partial charge in [-0.2, -0.15) is 0 Å². The summed E-state index contributed by atoms with van der Waals surface area (Å²) < 4.78 is 0. The van der Waals surface area contributed by atoms with Crippen LogP contribution in [0.25, 0.3) is 0 Å². The second-order valence-electron chi connectivity index (χ2n) is 2.73. The van der Waals surface area contributed by atoms with Gasteiger partial charge < -0.3 is 42.3 Å². The SMILES string of the molecule is Cc1cc(C)c([O-])c(C)c1.[Cl-].[Cl-].[Cl-].[Ti+4]. The molecule has 0 heterocycles. The van der Waals surface area contributed by atoms with Gasteiger partial charge in [-0.1, -0.05) is 28.8 Å². The molecule has 0 saturated heterocycles. The minimum absolute atomic E-state index is 0. The molecule has 1 nitrogen and oxygen atoms in total. The first-order valence-electron chi connectivity index (χ1n) is 3.36. The van der Waals surface area contributed by atoms with Crippen molar-refractivity contribution < 1.29 is 64.0 Å². The molecule has 0 unspecified atom stereocenters. The predicted octanol–water partition coefficient (Wildman–Crippen LogP) is -7.31. The topological polar surface area (TPSA) is 23.1 Å². The average molecular weight is 289 g/mol. The minimum atomic E-state index is 0. The van der Waals surface area contributed by atoms with Crippen LogP contribution < -0.4 is 42.3 Å². The van der Waals surface area contributed by atoms with Crippen molar-refractivity contribution in [3.05, 3.63) is 28.8 Å². The first-order chi connectivity index (χ1) is 4.61. The van der Waals surface area contributed by atoms with Crippen molar-refractivity contribution in [1.29, 1.82) is 0 Å². The summed E-state index contributed by atoms with van der Waals surface area (Å²) in [6.45, 7) is 5.70. The van der Waals surface area contributed by atoms with E-state index in [1.165, 1.54) is 0 Å². The molecule has 0 spiro atoms. The molecule has 0 aliphatic rings. The Morgan fingerprint density at radius 3 is 1.43 bits per heavy atom. The van der Waals surface area contributed by atoms with Gasteiger partial charge in [0.2, 0.25) is 0 Å². The number of halogens is 3. The molecule has 0 radical (unpaired) electrons. The van der Waals surface area contributed by atoms with E-state index in [2.05, 4.69) is 0 Å². The third kappa shape index (κ3) is 6.16. The van der Waals surface area contributed by atoms with Crippen LogP contribution in [0, 0.1) is 20.8 Å². The zero-order chi connectivity index (χ0) is 7.72. The van der Waals surface area contributed by atoms with Crippen LogP contribution >= 0.6 is 0 Å². The predicted molar refractivity (Wildman–Crippen MR) is 40.1 cm³/mol. The third-order valence-electron chi connectivity index (χ3n) is 1.60. The monoisotopic (exact) mass is 288 g/mol. The maximum Gasteiger partial charge on any atom is 4.00 e. The van der Waals surface area contributed by atoms with Crippen molar-refractivity contribution in [1.82, 2.24) is 0 Å². The molecule has 0 bridgehead atoms. The molecule has 1 aromatic carbocycles. The van der Waals surface area contributed by atoms with E-state index in [1.807, 2.05) is 32.9 Å². The van der Waals surface area contributed by atoms with Gasteiger partial charge in [-0.3, -0.25) is 0 Å². The average Bonchev–Trinajstić information content (AvgIpc) is 1.82. The fourth-order valence-electron chi connectivity index (χ4n) is 1.17. The van der Waals surface area contributed by atoms with Crippen LogP contribution in [0.2, 0.25) is 0 Å². The van der Waals surface area contributed by atoms with E-state index in [9.17, 15) is 5.11 Å². The summed E-state index contributed by atoms with van der Waals surface area (Å²) in [5.41, 5.74) is 2.85. The number of rotatable bonds is 0. The number of benzene rings is 1. The summed E-state index contributed by atoms with van der Waals surface area (Å²) >= 11 is 0. The Kier molecular flexibility index (Phi) is 17.4. The molecule has 0 amide bonds. The van der Waals surface area contributed by atoms with E-state index < -0.39 is 0 Å². The van der Waals surface area contributed by atoms with Gasteiger partial charge in [0.05, 0.1) is 0 Å². The van der Waals surface area contributed by atoms with Crippen LogP contribution in [0.3, 0.4) is 0 Å². The fraction of sp³-hybridized carbons (Fsp3) is 0.333. The summed E-state index contributed by atoms with van der Waals surface area (Å²) in [7, 11) is 0. The second kappa shape index (κ2) is 10.1. The molecule has 1 aromatic rings. The Balaban J connectivity index is -0.000000125. The molecule has 0 atom stereocenters. The van der Waals surface area contributed by atoms with Crippen molar-refractivity contribution in [3.8, 4) is 5.75 Å². The van der Waals surface area contributed by atoms with E-state index >= 15 is 0 Å². The summed E-state index contributed by atoms with van der Waals surface area (Å²) in [4.78, 5) is 0. The smallest absolute Gasteiger partial charge is 1.00 e. The molecule has 0 fully saturated rings. The Morgan fingerprint density at radius 1 is 0.857 bits per heavy atom. The zero-order valence-corrected chi connectivity index (χ0v) is 12.0. The molecule has 0 aromatic heterocycles. The largest absolute Gasteiger partial charge is 4.00 e. The fourth-order valence-corrected chi connectivity index (χ4v) is 1.17. The first kappa shape index (κ1) is 24.0. The molecular formula is C9H11Cl3OTi. The van der Waals surface area contributed by atoms with E-state index in [1.54, 1.807) is 0 Å². The van der Waals surface area contributed by atoms with Crippen LogP contribution in [0.1, 0.15) is 16.7 Å². The normalized spacial score (nSPS) is 7.07. The van der Waals surface area contributed by atoms with Gasteiger partial charge in [-0.05, 0) is 20.8 Å². The number of hydrogen-bond acceptors (Lipinski definition) is 1. The van der Waals surface area contributed by atoms with Gasteiger partial charge >= 0.3 is 21.7 Å². The van der Waals surface area contributed by atoms with E-state index in [4.69, 9.17) is 0 Å². The van der Waals surface area contributed by atoms with Gasteiger partial charge in [0.15, 0.2) is 0 Å². The van der Waals surface area contributed by atoms with Crippen LogP contribution in [0.15, 0.2) is 12.1 Å². The first-order valence-corrected chi connectivity index (χ1v) is 3.36. The summed E-state index contributed by atoms with van der Waals surface area (Å²) in [5.74, 6) is 0.172. The third-order valence-corrected chi connectivity index (χ3v) is 1.60. The molecule has 0 N–H and O–H groups in total. The molecule has 5 heteroatoms. The summed E-state index contributed by atoms with van der Waals surface area (Å²) in [5, 5.41) is 11.1. The Morgan fingerprint density at radius 2 is 1.14 bits per heavy atom. The van der Waals surface area contributed by atoms with E-state index in [0.29, 0.717) is 0 Å². The molecule has 0 aliphatic heterocycles. The quantitative estimate of drug-likeness (QED) is 0.435. The van der Waals surface area contributed by atoms with E-state index in [0.717, 1.165) is 16.7 Å². The Hall–Kier alpha value is 0.604. The molecule has 1 rings (SSSR count). The second-order valence-corrected chi connectivity index (χ2v) is 2.73. The maximum absolute atomic E-state index is 11.1. The van der Waals surface area contributed by atoms with Gasteiger partial charge in [0.1, 0.15) is 0 Å². The van der Waals surface area contributed by atoms with Crippen molar-refractivity contribution in [2.45, 2.75) is 20.8 Å². The molecule has 78 valence electrons. The van der Waals surface area contributed by atoms with E-state index in [-0.39, 0.29) is 64.7 Å².